The van der Waals surface area contributed by atoms with Crippen LogP contribution in [0, 0.1) is 23.2 Å². The first-order valence-corrected chi connectivity index (χ1v) is 11.3. The zero-order chi connectivity index (χ0) is 23.2. The molecular weight excluding hydrogens is 400 g/mol. The average Bonchev–Trinajstić information content (AvgIpc) is 2.48. The molecule has 4 saturated carbocycles. The minimum absolute atomic E-state index is 0.374. The molecule has 0 atom stereocenters. The molecule has 0 aromatic heterocycles. The van der Waals surface area contributed by atoms with Crippen molar-refractivity contribution in [1.82, 2.24) is 10.6 Å². The fourth-order valence-electron chi connectivity index (χ4n) is 5.73. The van der Waals surface area contributed by atoms with Crippen molar-refractivity contribution in [2.75, 3.05) is 0 Å². The van der Waals surface area contributed by atoms with Gasteiger partial charge in [0.05, 0.1) is 5.41 Å². The van der Waals surface area contributed by atoms with Gasteiger partial charge in [-0.15, -0.1) is 0 Å². The summed E-state index contributed by atoms with van der Waals surface area (Å²) in [4.78, 5) is 38.3. The first-order valence-electron chi connectivity index (χ1n) is 11.3. The van der Waals surface area contributed by atoms with E-state index in [9.17, 15) is 14.4 Å². The highest BCUT2D eigenvalue weighted by molar-refractivity contribution is 5.79. The van der Waals surface area contributed by atoms with Crippen LogP contribution in [0.5, 0.6) is 0 Å². The van der Waals surface area contributed by atoms with Crippen molar-refractivity contribution in [2.45, 2.75) is 104 Å². The van der Waals surface area contributed by atoms with Gasteiger partial charge in [-0.1, -0.05) is 0 Å². The van der Waals surface area contributed by atoms with Gasteiger partial charge in [0.1, 0.15) is 11.2 Å². The van der Waals surface area contributed by atoms with E-state index in [1.165, 1.54) is 26.2 Å². The third-order valence-electron chi connectivity index (χ3n) is 6.25. The summed E-state index contributed by atoms with van der Waals surface area (Å²) in [5.41, 5.74) is -2.04. The molecule has 0 aliphatic heterocycles. The maximum absolute atomic E-state index is 13.4. The molecule has 0 radical (unpaired) electrons. The lowest BCUT2D eigenvalue weighted by molar-refractivity contribution is -0.191. The van der Waals surface area contributed by atoms with Gasteiger partial charge in [0.2, 0.25) is 0 Å². The van der Waals surface area contributed by atoms with Crippen molar-refractivity contribution in [3.05, 3.63) is 0 Å². The van der Waals surface area contributed by atoms with Crippen LogP contribution in [0.1, 0.15) is 87.0 Å². The zero-order valence-corrected chi connectivity index (χ0v) is 19.9. The number of hydrogen-bond acceptors (Lipinski definition) is 6. The quantitative estimate of drug-likeness (QED) is 0.381. The third kappa shape index (κ3) is 6.04. The van der Waals surface area contributed by atoms with Crippen LogP contribution in [0.4, 0.5) is 9.59 Å². The first kappa shape index (κ1) is 23.7. The van der Waals surface area contributed by atoms with Crippen LogP contribution < -0.4 is 10.6 Å². The van der Waals surface area contributed by atoms with E-state index in [0.29, 0.717) is 17.8 Å². The smallest absolute Gasteiger partial charge is 0.412 e. The van der Waals surface area contributed by atoms with E-state index in [0.717, 1.165) is 19.3 Å². The number of carbonyl (C=O) groups excluding carboxylic acids is 3. The molecule has 0 heterocycles. The Morgan fingerprint density at radius 3 is 1.35 bits per heavy atom. The van der Waals surface area contributed by atoms with Crippen LogP contribution >= 0.6 is 0 Å². The summed E-state index contributed by atoms with van der Waals surface area (Å²) < 4.78 is 16.5. The standard InChI is InChI=1S/C23H38N2O6/c1-20(2,3)30-18(27)24-22(7,25-19(28)31-21(4,5)6)29-17(26)23-11-14-8-15(12-23)10-16(9-14)13-23/h14-16H,8-13H2,1-7H3,(H,24,27)(H,25,28). The molecule has 2 amide bonds. The van der Waals surface area contributed by atoms with E-state index < -0.39 is 34.7 Å². The molecule has 176 valence electrons. The lowest BCUT2D eigenvalue weighted by Crippen LogP contribution is -2.64. The summed E-state index contributed by atoms with van der Waals surface area (Å²) in [7, 11) is 0. The van der Waals surface area contributed by atoms with Gasteiger partial charge in [0.25, 0.3) is 5.85 Å². The topological polar surface area (TPSA) is 103 Å². The number of carbonyl (C=O) groups is 3. The van der Waals surface area contributed by atoms with Gasteiger partial charge in [-0.2, -0.15) is 0 Å². The molecule has 31 heavy (non-hydrogen) atoms. The molecular formula is C23H38N2O6. The molecule has 0 spiro atoms. The van der Waals surface area contributed by atoms with Crippen molar-refractivity contribution >= 4 is 18.2 Å². The summed E-state index contributed by atoms with van der Waals surface area (Å²) >= 11 is 0. The second-order valence-corrected chi connectivity index (χ2v) is 11.9. The Morgan fingerprint density at radius 2 is 1.03 bits per heavy atom. The van der Waals surface area contributed by atoms with Crippen LogP contribution in [0.3, 0.4) is 0 Å². The average molecular weight is 439 g/mol. The lowest BCUT2D eigenvalue weighted by atomic mass is 9.49. The fourth-order valence-corrected chi connectivity index (χ4v) is 5.73. The number of hydrogen-bond donors (Lipinski definition) is 2. The normalized spacial score (nSPS) is 29.8. The Bertz CT molecular complexity index is 668. The summed E-state index contributed by atoms with van der Waals surface area (Å²) in [6.45, 7) is 11.8. The van der Waals surface area contributed by atoms with Gasteiger partial charge in [-0.25, -0.2) is 9.59 Å². The van der Waals surface area contributed by atoms with Crippen LogP contribution in [0.2, 0.25) is 0 Å². The zero-order valence-electron chi connectivity index (χ0n) is 19.9. The molecule has 0 unspecified atom stereocenters. The molecule has 8 nitrogen and oxygen atoms in total. The molecule has 4 fully saturated rings. The minimum Gasteiger partial charge on any atom is -0.444 e. The molecule has 4 bridgehead atoms. The molecule has 4 aliphatic rings. The van der Waals surface area contributed by atoms with Gasteiger partial charge in [0, 0.05) is 6.92 Å². The van der Waals surface area contributed by atoms with E-state index >= 15 is 0 Å². The Balaban J connectivity index is 1.76. The lowest BCUT2D eigenvalue weighted by Gasteiger charge is -2.55. The SMILES string of the molecule is CC(C)(C)OC(=O)NC(C)(NC(=O)OC(C)(C)C)OC(=O)C12CC3CC(CC(C3)C1)C2. The number of nitrogens with one attached hydrogen (secondary N) is 2. The second kappa shape index (κ2) is 7.85. The van der Waals surface area contributed by atoms with E-state index in [4.69, 9.17) is 14.2 Å². The minimum atomic E-state index is -1.80. The molecule has 4 aliphatic carbocycles. The highest BCUT2D eigenvalue weighted by atomic mass is 16.6. The van der Waals surface area contributed by atoms with Gasteiger partial charge in [0.15, 0.2) is 0 Å². The molecule has 0 aromatic carbocycles. The predicted octanol–water partition coefficient (Wildman–Crippen LogP) is 4.47. The number of ether oxygens (including phenoxy) is 3. The van der Waals surface area contributed by atoms with E-state index in [-0.39, 0.29) is 5.97 Å². The number of esters is 1. The Hall–Kier alpha value is -1.99. The van der Waals surface area contributed by atoms with Crippen LogP contribution in [-0.4, -0.2) is 35.2 Å². The van der Waals surface area contributed by atoms with Crippen molar-refractivity contribution in [2.24, 2.45) is 23.2 Å². The first-order chi connectivity index (χ1) is 14.1. The highest BCUT2D eigenvalue weighted by Gasteiger charge is 2.56. The summed E-state index contributed by atoms with van der Waals surface area (Å²) in [6.07, 6.45) is 4.41. The molecule has 0 aromatic rings. The summed E-state index contributed by atoms with van der Waals surface area (Å²) in [6, 6.07) is 0. The Labute approximate surface area is 185 Å². The predicted molar refractivity (Wildman–Crippen MR) is 114 cm³/mol. The number of rotatable bonds is 4. The van der Waals surface area contributed by atoms with Crippen molar-refractivity contribution in [3.63, 3.8) is 0 Å². The van der Waals surface area contributed by atoms with Crippen molar-refractivity contribution in [3.8, 4) is 0 Å². The fraction of sp³-hybridized carbons (Fsp3) is 0.870. The highest BCUT2D eigenvalue weighted by Crippen LogP contribution is 2.60. The Morgan fingerprint density at radius 1 is 0.677 bits per heavy atom. The van der Waals surface area contributed by atoms with Crippen LogP contribution in [0.15, 0.2) is 0 Å². The van der Waals surface area contributed by atoms with Crippen LogP contribution in [-0.2, 0) is 19.0 Å². The van der Waals surface area contributed by atoms with Gasteiger partial charge in [-0.05, 0) is 97.8 Å². The van der Waals surface area contributed by atoms with Gasteiger partial charge >= 0.3 is 18.2 Å². The number of amides is 2. The van der Waals surface area contributed by atoms with Crippen molar-refractivity contribution in [1.29, 1.82) is 0 Å². The van der Waals surface area contributed by atoms with Crippen LogP contribution in [0.25, 0.3) is 0 Å². The molecule has 4 rings (SSSR count). The van der Waals surface area contributed by atoms with Gasteiger partial charge < -0.3 is 14.2 Å². The molecule has 2 N–H and O–H groups in total. The monoisotopic (exact) mass is 438 g/mol. The largest absolute Gasteiger partial charge is 0.444 e. The van der Waals surface area contributed by atoms with Crippen molar-refractivity contribution < 1.29 is 28.6 Å². The summed E-state index contributed by atoms with van der Waals surface area (Å²) in [5.74, 6) is -0.500. The van der Waals surface area contributed by atoms with E-state index in [1.54, 1.807) is 41.5 Å². The maximum Gasteiger partial charge on any atom is 0.412 e. The molecule has 8 heteroatoms. The van der Waals surface area contributed by atoms with Gasteiger partial charge in [-0.3, -0.25) is 15.4 Å². The molecule has 0 saturated heterocycles. The van der Waals surface area contributed by atoms with E-state index in [1.807, 2.05) is 0 Å². The van der Waals surface area contributed by atoms with E-state index in [2.05, 4.69) is 10.6 Å². The third-order valence-corrected chi connectivity index (χ3v) is 6.25. The Kier molecular flexibility index (Phi) is 6.00. The second-order valence-electron chi connectivity index (χ2n) is 11.9. The number of alkyl carbamates (subject to hydrolysis) is 2. The summed E-state index contributed by atoms with van der Waals surface area (Å²) in [5, 5.41) is 5.03. The maximum atomic E-state index is 13.4.